The zero-order valence-electron chi connectivity index (χ0n) is 14.7. The number of hydrogen-bond donors (Lipinski definition) is 2. The van der Waals surface area contributed by atoms with Gasteiger partial charge in [-0.2, -0.15) is 0 Å². The maximum Gasteiger partial charge on any atom is 0.125 e. The molecule has 0 bridgehead atoms. The Labute approximate surface area is 160 Å². The van der Waals surface area contributed by atoms with Crippen molar-refractivity contribution >= 4 is 54.5 Å². The minimum atomic E-state index is 0.143. The van der Waals surface area contributed by atoms with Gasteiger partial charge in [0.25, 0.3) is 0 Å². The zero-order valence-corrected chi connectivity index (χ0v) is 16.4. The number of nitrogens with zero attached hydrogens (tertiary/aromatic N) is 2. The van der Waals surface area contributed by atoms with E-state index < -0.39 is 0 Å². The van der Waals surface area contributed by atoms with Gasteiger partial charge in [-0.25, -0.2) is 9.97 Å². The summed E-state index contributed by atoms with van der Waals surface area (Å²) >= 11 is 3.49. The third-order valence-electron chi connectivity index (χ3n) is 5.29. The lowest BCUT2D eigenvalue weighted by Gasteiger charge is -2.26. The van der Waals surface area contributed by atoms with Gasteiger partial charge in [0.15, 0.2) is 0 Å². The van der Waals surface area contributed by atoms with Crippen molar-refractivity contribution in [1.29, 1.82) is 0 Å². The minimum absolute atomic E-state index is 0.143. The summed E-state index contributed by atoms with van der Waals surface area (Å²) in [6.07, 6.45) is 3.08. The fourth-order valence-electron chi connectivity index (χ4n) is 3.85. The highest BCUT2D eigenvalue weighted by Gasteiger charge is 2.36. The Balaban J connectivity index is 1.53. The molecule has 0 aliphatic carbocycles. The summed E-state index contributed by atoms with van der Waals surface area (Å²) in [4.78, 5) is 11.6. The van der Waals surface area contributed by atoms with Crippen molar-refractivity contribution in [3.63, 3.8) is 0 Å². The van der Waals surface area contributed by atoms with Gasteiger partial charge < -0.3 is 10.6 Å². The predicted octanol–water partition coefficient (Wildman–Crippen LogP) is 5.51. The van der Waals surface area contributed by atoms with Crippen LogP contribution in [-0.4, -0.2) is 22.1 Å². The Kier molecular flexibility index (Phi) is 3.74. The van der Waals surface area contributed by atoms with E-state index in [4.69, 9.17) is 0 Å². The lowest BCUT2D eigenvalue weighted by atomic mass is 9.88. The van der Waals surface area contributed by atoms with Gasteiger partial charge in [0.1, 0.15) is 4.83 Å². The smallest absolute Gasteiger partial charge is 0.125 e. The molecule has 1 aliphatic heterocycles. The maximum atomic E-state index is 4.61. The fourth-order valence-corrected chi connectivity index (χ4v) is 5.86. The highest BCUT2D eigenvalue weighted by molar-refractivity contribution is 7.18. The molecule has 2 N–H and O–H groups in total. The summed E-state index contributed by atoms with van der Waals surface area (Å²) in [5.41, 5.74) is 5.24. The van der Waals surface area contributed by atoms with Crippen LogP contribution in [0.3, 0.4) is 0 Å². The minimum Gasteiger partial charge on any atom is -0.355 e. The van der Waals surface area contributed by atoms with Crippen LogP contribution in [0.25, 0.3) is 20.4 Å². The number of anilines is 2. The van der Waals surface area contributed by atoms with Crippen LogP contribution in [0.1, 0.15) is 31.1 Å². The first-order valence-corrected chi connectivity index (χ1v) is 10.5. The second kappa shape index (κ2) is 6.01. The quantitative estimate of drug-likeness (QED) is 0.492. The van der Waals surface area contributed by atoms with E-state index in [9.17, 15) is 0 Å². The molecule has 1 aliphatic rings. The zero-order chi connectivity index (χ0) is 17.7. The molecule has 1 saturated heterocycles. The van der Waals surface area contributed by atoms with E-state index in [1.807, 2.05) is 23.0 Å². The van der Waals surface area contributed by atoms with Crippen molar-refractivity contribution in [2.75, 3.05) is 11.9 Å². The number of rotatable bonds is 3. The Bertz CT molecular complexity index is 1100. The van der Waals surface area contributed by atoms with Crippen LogP contribution in [0, 0.1) is 0 Å². The number of hydrogen-bond acceptors (Lipinski definition) is 6. The number of thiophene rings is 1. The number of pyridine rings is 1. The van der Waals surface area contributed by atoms with Gasteiger partial charge in [-0.1, -0.05) is 0 Å². The molecule has 1 fully saturated rings. The molecule has 4 nitrogen and oxygen atoms in total. The van der Waals surface area contributed by atoms with Gasteiger partial charge in [0.2, 0.25) is 0 Å². The number of benzene rings is 1. The first-order valence-electron chi connectivity index (χ1n) is 8.84. The largest absolute Gasteiger partial charge is 0.355 e. The summed E-state index contributed by atoms with van der Waals surface area (Å²) in [6, 6.07) is 10.7. The second-order valence-corrected chi connectivity index (χ2v) is 9.32. The monoisotopic (exact) mass is 380 g/mol. The maximum absolute atomic E-state index is 4.61. The van der Waals surface area contributed by atoms with E-state index in [0.717, 1.165) is 28.3 Å². The van der Waals surface area contributed by atoms with Gasteiger partial charge in [0, 0.05) is 33.6 Å². The van der Waals surface area contributed by atoms with Crippen molar-refractivity contribution < 1.29 is 0 Å². The molecule has 1 aromatic carbocycles. The number of nitrogens with one attached hydrogen (secondary N) is 2. The Hall–Kier alpha value is -2.02. The summed E-state index contributed by atoms with van der Waals surface area (Å²) in [6.45, 7) is 5.67. The number of aromatic nitrogens is 2. The predicted molar refractivity (Wildman–Crippen MR) is 112 cm³/mol. The van der Waals surface area contributed by atoms with Gasteiger partial charge in [-0.3, -0.25) is 0 Å². The van der Waals surface area contributed by atoms with Crippen molar-refractivity contribution in [1.82, 2.24) is 15.3 Å². The Morgan fingerprint density at radius 1 is 1.19 bits per heavy atom. The molecule has 26 heavy (non-hydrogen) atoms. The van der Waals surface area contributed by atoms with Crippen LogP contribution in [0.2, 0.25) is 0 Å². The van der Waals surface area contributed by atoms with E-state index in [2.05, 4.69) is 64.8 Å². The van der Waals surface area contributed by atoms with E-state index in [1.54, 1.807) is 11.3 Å². The Morgan fingerprint density at radius 2 is 2.12 bits per heavy atom. The normalized spacial score (nSPS) is 19.4. The van der Waals surface area contributed by atoms with Crippen LogP contribution < -0.4 is 10.6 Å². The van der Waals surface area contributed by atoms with Gasteiger partial charge in [0.05, 0.1) is 21.4 Å². The molecular weight excluding hydrogens is 360 g/mol. The molecule has 4 heterocycles. The average molecular weight is 381 g/mol. The molecule has 3 aromatic heterocycles. The molecule has 1 unspecified atom stereocenters. The molecular formula is C20H20N4S2. The fraction of sp³-hybridized carbons (Fsp3) is 0.300. The number of thiazole rings is 1. The van der Waals surface area contributed by atoms with E-state index in [1.165, 1.54) is 21.4 Å². The SMILES string of the molecule is CC1(C)NCCC1c1cc2c(Nc3ccc4scnc4c3)ccnc2s1. The topological polar surface area (TPSA) is 49.8 Å². The highest BCUT2D eigenvalue weighted by atomic mass is 32.1. The summed E-state index contributed by atoms with van der Waals surface area (Å²) < 4.78 is 1.21. The molecule has 4 aromatic rings. The average Bonchev–Trinajstić information content (AvgIpc) is 3.31. The number of fused-ring (bicyclic) bond motifs is 2. The van der Waals surface area contributed by atoms with E-state index >= 15 is 0 Å². The van der Waals surface area contributed by atoms with Crippen LogP contribution >= 0.6 is 22.7 Å². The van der Waals surface area contributed by atoms with Crippen molar-refractivity contribution in [2.45, 2.75) is 31.7 Å². The third kappa shape index (κ3) is 2.69. The van der Waals surface area contributed by atoms with Crippen LogP contribution in [0.4, 0.5) is 11.4 Å². The lowest BCUT2D eigenvalue weighted by molar-refractivity contribution is 0.415. The van der Waals surface area contributed by atoms with Gasteiger partial charge in [-0.15, -0.1) is 22.7 Å². The van der Waals surface area contributed by atoms with Crippen LogP contribution in [0.15, 0.2) is 42.0 Å². The molecule has 0 amide bonds. The second-order valence-electron chi connectivity index (χ2n) is 7.38. The van der Waals surface area contributed by atoms with Crippen LogP contribution in [0.5, 0.6) is 0 Å². The third-order valence-corrected chi connectivity index (χ3v) is 7.26. The molecule has 5 rings (SSSR count). The van der Waals surface area contributed by atoms with E-state index in [0.29, 0.717) is 5.92 Å². The first-order chi connectivity index (χ1) is 12.6. The van der Waals surface area contributed by atoms with Crippen molar-refractivity contribution in [3.05, 3.63) is 46.9 Å². The summed E-state index contributed by atoms with van der Waals surface area (Å²) in [7, 11) is 0. The molecule has 0 saturated carbocycles. The van der Waals surface area contributed by atoms with Gasteiger partial charge >= 0.3 is 0 Å². The first kappa shape index (κ1) is 16.2. The standard InChI is InChI=1S/C20H20N4S2/c1-20(2)14(5-8-23-20)18-10-13-15(6-7-21-19(13)26-18)24-12-3-4-17-16(9-12)22-11-25-17/h3-4,6-7,9-11,14,23H,5,8H2,1-2H3,(H,21,24). The van der Waals surface area contributed by atoms with Gasteiger partial charge in [-0.05, 0) is 57.1 Å². The summed E-state index contributed by atoms with van der Waals surface area (Å²) in [5, 5.41) is 8.39. The molecule has 0 radical (unpaired) electrons. The van der Waals surface area contributed by atoms with Crippen LogP contribution in [-0.2, 0) is 0 Å². The van der Waals surface area contributed by atoms with Crippen molar-refractivity contribution in [3.8, 4) is 0 Å². The lowest BCUT2D eigenvalue weighted by Crippen LogP contribution is -2.36. The highest BCUT2D eigenvalue weighted by Crippen LogP contribution is 2.42. The van der Waals surface area contributed by atoms with E-state index in [-0.39, 0.29) is 5.54 Å². The molecule has 132 valence electrons. The molecule has 6 heteroatoms. The van der Waals surface area contributed by atoms with Crippen molar-refractivity contribution in [2.24, 2.45) is 0 Å². The summed E-state index contributed by atoms with van der Waals surface area (Å²) in [5.74, 6) is 0.543. The Morgan fingerprint density at radius 3 is 2.96 bits per heavy atom. The molecule has 0 spiro atoms. The molecule has 1 atom stereocenters.